The lowest BCUT2D eigenvalue weighted by Crippen LogP contribution is -2.51. The second-order valence-electron chi connectivity index (χ2n) is 16.2. The van der Waals surface area contributed by atoms with E-state index >= 15 is 4.79 Å². The van der Waals surface area contributed by atoms with E-state index in [1.807, 2.05) is 68.4 Å². The number of hydrogen-bond donors (Lipinski definition) is 3. The summed E-state index contributed by atoms with van der Waals surface area (Å²) in [5, 5.41) is 36.2. The molecule has 4 aromatic rings. The zero-order chi connectivity index (χ0) is 42.1. The number of nitrogens with one attached hydrogen (secondary N) is 1. The monoisotopic (exact) mass is 822 g/mol. The van der Waals surface area contributed by atoms with E-state index in [4.69, 9.17) is 14.2 Å². The molecule has 7 rings (SSSR count). The van der Waals surface area contributed by atoms with E-state index in [9.17, 15) is 25.1 Å². The third kappa shape index (κ3) is 7.64. The van der Waals surface area contributed by atoms with Crippen molar-refractivity contribution in [2.75, 3.05) is 43.3 Å². The number of nitro benzene ring substituents is 1. The van der Waals surface area contributed by atoms with Crippen LogP contribution in [0.2, 0.25) is 18.6 Å². The van der Waals surface area contributed by atoms with Crippen molar-refractivity contribution in [2.45, 2.75) is 82.5 Å². The molecule has 0 radical (unpaired) electrons. The number of carbonyl (C=O) groups is 2. The summed E-state index contributed by atoms with van der Waals surface area (Å²) in [5.41, 5.74) is 2.45. The van der Waals surface area contributed by atoms with E-state index in [0.717, 1.165) is 39.9 Å². The molecule has 13 nitrogen and oxygen atoms in total. The second-order valence-corrected chi connectivity index (χ2v) is 20.9. The maximum atomic E-state index is 15.1. The molecule has 0 aromatic heterocycles. The number of rotatable bonds is 16. The van der Waals surface area contributed by atoms with Crippen LogP contribution in [0, 0.1) is 16.0 Å². The summed E-state index contributed by atoms with van der Waals surface area (Å²) in [5.74, 6) is 0.696. The Kier molecular flexibility index (Phi) is 12.3. The fraction of sp³-hybridized carbons (Fsp3) is 0.422. The van der Waals surface area contributed by atoms with Crippen molar-refractivity contribution in [1.29, 1.82) is 0 Å². The molecule has 1 saturated heterocycles. The maximum absolute atomic E-state index is 15.1. The first kappa shape index (κ1) is 42.0. The van der Waals surface area contributed by atoms with Gasteiger partial charge in [0.1, 0.15) is 11.5 Å². The topological polar surface area (TPSA) is 164 Å². The molecule has 2 amide bonds. The number of aliphatic hydroxyl groups excluding tert-OH is 2. The number of nitro groups is 1. The number of methoxy groups -OCH3 is 1. The van der Waals surface area contributed by atoms with Crippen LogP contribution in [-0.4, -0.2) is 80.6 Å². The minimum atomic E-state index is -2.45. The van der Waals surface area contributed by atoms with Gasteiger partial charge in [0, 0.05) is 42.5 Å². The number of nitrogens with zero attached hydrogens (tertiary/aromatic N) is 3. The number of carbonyl (C=O) groups excluding carboxylic acids is 2. The minimum absolute atomic E-state index is 0.0916. The smallest absolute Gasteiger partial charge is 0.269 e. The number of fused-ring (bicyclic) bond motifs is 3. The van der Waals surface area contributed by atoms with Crippen molar-refractivity contribution in [3.05, 3.63) is 112 Å². The molecule has 0 bridgehead atoms. The highest BCUT2D eigenvalue weighted by Crippen LogP contribution is 2.60. The molecule has 1 unspecified atom stereocenters. The van der Waals surface area contributed by atoms with Gasteiger partial charge in [0.2, 0.25) is 5.91 Å². The summed E-state index contributed by atoms with van der Waals surface area (Å²) in [6.07, 6.45) is 1.72. The first-order chi connectivity index (χ1) is 28.4. The van der Waals surface area contributed by atoms with Gasteiger partial charge in [0.05, 0.1) is 56.8 Å². The summed E-state index contributed by atoms with van der Waals surface area (Å²) >= 11 is 0. The van der Waals surface area contributed by atoms with Gasteiger partial charge in [-0.1, -0.05) is 49.5 Å². The fourth-order valence-corrected chi connectivity index (χ4v) is 13.7. The SMILES string of the molecule is CCOc1ccc2c(c1)CC(NCCCCO)C(=O)N2c1ccc(CN2C(=O)[C@]3(O[C@H](CCO)[C@@H]([Si](C)(C)c4ccc(OC)cc4)[C@@H]3C)c3cc([N+](=O)[O-])ccc32)cc1. The summed E-state index contributed by atoms with van der Waals surface area (Å²) in [7, 11) is -0.826. The molecule has 3 aliphatic heterocycles. The summed E-state index contributed by atoms with van der Waals surface area (Å²) in [6.45, 7) is 9.66. The van der Waals surface area contributed by atoms with E-state index in [-0.39, 0.29) is 48.7 Å². The molecular formula is C45H54N4O9Si. The molecule has 14 heteroatoms. The Hall–Kier alpha value is -5.12. The Bertz CT molecular complexity index is 2180. The van der Waals surface area contributed by atoms with Gasteiger partial charge >= 0.3 is 0 Å². The lowest BCUT2D eigenvalue weighted by molar-refractivity contribution is -0.385. The molecule has 59 heavy (non-hydrogen) atoms. The second kappa shape index (κ2) is 17.2. The molecule has 3 aliphatic rings. The predicted octanol–water partition coefficient (Wildman–Crippen LogP) is 6.10. The average molecular weight is 823 g/mol. The Morgan fingerprint density at radius 1 is 0.949 bits per heavy atom. The van der Waals surface area contributed by atoms with Crippen LogP contribution in [0.15, 0.2) is 84.9 Å². The summed E-state index contributed by atoms with van der Waals surface area (Å²) < 4.78 is 18.2. The van der Waals surface area contributed by atoms with Crippen molar-refractivity contribution in [3.8, 4) is 11.5 Å². The van der Waals surface area contributed by atoms with Crippen molar-refractivity contribution in [2.24, 2.45) is 5.92 Å². The van der Waals surface area contributed by atoms with Gasteiger partial charge in [-0.25, -0.2) is 0 Å². The third-order valence-corrected chi connectivity index (χ3v) is 16.9. The zero-order valence-electron chi connectivity index (χ0n) is 34.4. The Balaban J connectivity index is 1.22. The molecule has 0 saturated carbocycles. The van der Waals surface area contributed by atoms with E-state index in [1.54, 1.807) is 23.0 Å². The van der Waals surface area contributed by atoms with Crippen molar-refractivity contribution in [1.82, 2.24) is 5.32 Å². The highest BCUT2D eigenvalue weighted by molar-refractivity contribution is 6.91. The van der Waals surface area contributed by atoms with Gasteiger partial charge in [0.25, 0.3) is 11.6 Å². The Morgan fingerprint density at radius 3 is 2.32 bits per heavy atom. The van der Waals surface area contributed by atoms with E-state index in [0.29, 0.717) is 49.4 Å². The number of hydrogen-bond acceptors (Lipinski definition) is 10. The van der Waals surface area contributed by atoms with E-state index in [2.05, 4.69) is 30.5 Å². The first-order valence-electron chi connectivity index (χ1n) is 20.5. The molecular weight excluding hydrogens is 769 g/mol. The van der Waals surface area contributed by atoms with Gasteiger partial charge in [-0.05, 0) is 104 Å². The van der Waals surface area contributed by atoms with E-state index in [1.165, 1.54) is 12.1 Å². The molecule has 3 N–H and O–H groups in total. The fourth-order valence-electron chi connectivity index (χ4n) is 9.62. The van der Waals surface area contributed by atoms with Crippen LogP contribution in [0.5, 0.6) is 11.5 Å². The maximum Gasteiger partial charge on any atom is 0.269 e. The van der Waals surface area contributed by atoms with Gasteiger partial charge in [-0.2, -0.15) is 0 Å². The van der Waals surface area contributed by atoms with Gasteiger partial charge in [0.15, 0.2) is 5.60 Å². The minimum Gasteiger partial charge on any atom is -0.497 e. The van der Waals surface area contributed by atoms with Gasteiger partial charge in [-0.3, -0.25) is 24.6 Å². The van der Waals surface area contributed by atoms with Crippen LogP contribution < -0.4 is 29.8 Å². The molecule has 1 fully saturated rings. The number of anilines is 3. The van der Waals surface area contributed by atoms with Crippen molar-refractivity contribution < 1.29 is 38.9 Å². The standard InChI is InChI=1S/C45H54N4O9Si/c1-6-57-35-16-20-39-31(25-35)26-38(46-22-7-8-23-50)43(52)48(39)32-11-9-30(10-12-32)28-47-40-19-13-33(49(54)55)27-37(40)45(44(47)53)29(2)42(41(58-45)21-24-51)59(4,5)36-17-14-34(56-3)15-18-36/h9-20,25,27,29,38,41-42,46,50-51H,6-8,21-24,26,28H2,1-5H3/t29-,38?,41+,42-,45+/m0/s1. The molecule has 4 aromatic carbocycles. The Morgan fingerprint density at radius 2 is 1.66 bits per heavy atom. The predicted molar refractivity (Wildman–Crippen MR) is 229 cm³/mol. The lowest BCUT2D eigenvalue weighted by atomic mass is 9.82. The number of ether oxygens (including phenoxy) is 3. The average Bonchev–Trinajstić information content (AvgIpc) is 3.66. The molecule has 312 valence electrons. The van der Waals surface area contributed by atoms with Crippen LogP contribution in [0.3, 0.4) is 0 Å². The summed E-state index contributed by atoms with van der Waals surface area (Å²) in [6, 6.07) is 25.4. The van der Waals surface area contributed by atoms with Gasteiger partial charge < -0.3 is 34.6 Å². The number of amides is 2. The van der Waals surface area contributed by atoms with Crippen molar-refractivity contribution in [3.63, 3.8) is 0 Å². The normalized spacial score (nSPS) is 22.5. The largest absolute Gasteiger partial charge is 0.497 e. The molecule has 0 aliphatic carbocycles. The first-order valence-corrected chi connectivity index (χ1v) is 23.5. The quantitative estimate of drug-likeness (QED) is 0.0521. The van der Waals surface area contributed by atoms with Gasteiger partial charge in [-0.15, -0.1) is 0 Å². The number of unbranched alkanes of at least 4 members (excludes halogenated alkanes) is 1. The Labute approximate surface area is 346 Å². The molecule has 5 atom stereocenters. The van der Waals surface area contributed by atoms with Crippen LogP contribution in [0.4, 0.5) is 22.7 Å². The van der Waals surface area contributed by atoms with E-state index < -0.39 is 30.7 Å². The number of benzene rings is 4. The lowest BCUT2D eigenvalue weighted by Gasteiger charge is -2.37. The zero-order valence-corrected chi connectivity index (χ0v) is 35.4. The van der Waals surface area contributed by atoms with Crippen LogP contribution in [0.25, 0.3) is 0 Å². The van der Waals surface area contributed by atoms with Crippen LogP contribution >= 0.6 is 0 Å². The van der Waals surface area contributed by atoms with Crippen molar-refractivity contribution >= 4 is 47.8 Å². The third-order valence-electron chi connectivity index (χ3n) is 12.5. The number of non-ortho nitro benzene ring substituents is 1. The number of aliphatic hydroxyl groups is 2. The highest BCUT2D eigenvalue weighted by atomic mass is 28.3. The highest BCUT2D eigenvalue weighted by Gasteiger charge is 2.66. The molecule has 1 spiro atoms. The summed E-state index contributed by atoms with van der Waals surface area (Å²) in [4.78, 5) is 44.3. The molecule has 3 heterocycles. The van der Waals surface area contributed by atoms with Crippen LogP contribution in [-0.2, 0) is 32.9 Å². The van der Waals surface area contributed by atoms with Crippen LogP contribution in [0.1, 0.15) is 49.8 Å².